The summed E-state index contributed by atoms with van der Waals surface area (Å²) in [5.74, 6) is 1.14. The second-order valence-electron chi connectivity index (χ2n) is 10.3. The van der Waals surface area contributed by atoms with Gasteiger partial charge in [-0.25, -0.2) is 9.97 Å². The van der Waals surface area contributed by atoms with Crippen LogP contribution in [0, 0.1) is 0 Å². The molecule has 7 rings (SSSR count). The lowest BCUT2D eigenvalue weighted by atomic mass is 10.1. The zero-order chi connectivity index (χ0) is 29.3. The number of benzene rings is 5. The number of aromatic nitrogens is 4. The summed E-state index contributed by atoms with van der Waals surface area (Å²) in [6.45, 7) is 0.272. The molecule has 7 heteroatoms. The highest BCUT2D eigenvalue weighted by Gasteiger charge is 2.17. The lowest BCUT2D eigenvalue weighted by molar-refractivity contribution is 0.465. The van der Waals surface area contributed by atoms with Gasteiger partial charge in [0.1, 0.15) is 17.4 Å². The molecular formula is C36H26N4O3. The van der Waals surface area contributed by atoms with Gasteiger partial charge in [-0.1, -0.05) is 84.9 Å². The summed E-state index contributed by atoms with van der Waals surface area (Å²) in [6.07, 6.45) is 0.329. The number of hydrogen-bond donors (Lipinski definition) is 1. The Morgan fingerprint density at radius 2 is 1.12 bits per heavy atom. The van der Waals surface area contributed by atoms with Crippen LogP contribution in [0.3, 0.4) is 0 Å². The lowest BCUT2D eigenvalue weighted by Crippen LogP contribution is -2.25. The topological polar surface area (TPSA) is 90.0 Å². The minimum absolute atomic E-state index is 0.0786. The second kappa shape index (κ2) is 10.9. The fourth-order valence-electron chi connectivity index (χ4n) is 5.48. The van der Waals surface area contributed by atoms with Crippen LogP contribution in [0.25, 0.3) is 50.3 Å². The van der Waals surface area contributed by atoms with E-state index in [0.29, 0.717) is 51.1 Å². The molecule has 7 aromatic rings. The van der Waals surface area contributed by atoms with Crippen LogP contribution in [-0.4, -0.2) is 24.2 Å². The van der Waals surface area contributed by atoms with Gasteiger partial charge < -0.3 is 5.11 Å². The second-order valence-corrected chi connectivity index (χ2v) is 10.3. The maximum absolute atomic E-state index is 13.9. The number of aryl methyl sites for hydroxylation is 1. The standard InChI is InChI=1S/C36H26N4O3/c41-32-20-19-27(40-34(25-13-5-2-6-14-25)38-31-18-10-8-16-29(31)36(40)43)23-26(32)21-22-39-33(24-11-3-1-4-12-24)37-30-17-9-7-15-28(30)35(39)42/h1-20,23,41H,21-22H2. The molecule has 43 heavy (non-hydrogen) atoms. The number of rotatable bonds is 6. The smallest absolute Gasteiger partial charge is 0.266 e. The average Bonchev–Trinajstić information content (AvgIpc) is 3.06. The minimum Gasteiger partial charge on any atom is -0.508 e. The van der Waals surface area contributed by atoms with Gasteiger partial charge in [0.15, 0.2) is 0 Å². The predicted octanol–water partition coefficient (Wildman–Crippen LogP) is 6.38. The van der Waals surface area contributed by atoms with Gasteiger partial charge in [0.2, 0.25) is 0 Å². The number of phenolic OH excluding ortho intramolecular Hbond substituents is 1. The molecule has 0 spiro atoms. The Kier molecular flexibility index (Phi) is 6.60. The van der Waals surface area contributed by atoms with Gasteiger partial charge in [0.25, 0.3) is 11.1 Å². The molecule has 7 nitrogen and oxygen atoms in total. The van der Waals surface area contributed by atoms with E-state index in [1.807, 2.05) is 97.1 Å². The molecular weight excluding hydrogens is 536 g/mol. The summed E-state index contributed by atoms with van der Waals surface area (Å²) >= 11 is 0. The van der Waals surface area contributed by atoms with Crippen LogP contribution < -0.4 is 11.1 Å². The van der Waals surface area contributed by atoms with Crippen molar-refractivity contribution in [3.63, 3.8) is 0 Å². The lowest BCUT2D eigenvalue weighted by Gasteiger charge is -2.17. The van der Waals surface area contributed by atoms with Gasteiger partial charge >= 0.3 is 0 Å². The summed E-state index contributed by atoms with van der Waals surface area (Å²) in [5, 5.41) is 11.9. The molecule has 0 radical (unpaired) electrons. The molecule has 5 aromatic carbocycles. The molecule has 0 aliphatic carbocycles. The van der Waals surface area contributed by atoms with E-state index in [4.69, 9.17) is 9.97 Å². The largest absolute Gasteiger partial charge is 0.508 e. The van der Waals surface area contributed by atoms with E-state index in [2.05, 4.69) is 0 Å². The van der Waals surface area contributed by atoms with Crippen molar-refractivity contribution in [1.29, 1.82) is 0 Å². The highest BCUT2D eigenvalue weighted by atomic mass is 16.3. The number of aromatic hydroxyl groups is 1. The Morgan fingerprint density at radius 3 is 1.77 bits per heavy atom. The van der Waals surface area contributed by atoms with Crippen LogP contribution in [-0.2, 0) is 13.0 Å². The third kappa shape index (κ3) is 4.77. The molecule has 2 aromatic heterocycles. The molecule has 0 saturated heterocycles. The number of hydrogen-bond acceptors (Lipinski definition) is 5. The first-order valence-electron chi connectivity index (χ1n) is 14.0. The Labute approximate surface area is 246 Å². The fraction of sp³-hybridized carbons (Fsp3) is 0.0556. The molecule has 0 bridgehead atoms. The normalized spacial score (nSPS) is 11.3. The molecule has 0 atom stereocenters. The number of nitrogens with zero attached hydrogens (tertiary/aromatic N) is 4. The van der Waals surface area contributed by atoms with Crippen LogP contribution >= 0.6 is 0 Å². The Bertz CT molecular complexity index is 2240. The minimum atomic E-state index is -0.206. The monoisotopic (exact) mass is 562 g/mol. The first-order chi connectivity index (χ1) is 21.1. The first kappa shape index (κ1) is 26.1. The highest BCUT2D eigenvalue weighted by Crippen LogP contribution is 2.27. The van der Waals surface area contributed by atoms with E-state index in [1.165, 1.54) is 0 Å². The van der Waals surface area contributed by atoms with Crippen molar-refractivity contribution in [3.8, 4) is 34.2 Å². The highest BCUT2D eigenvalue weighted by molar-refractivity contribution is 5.81. The third-order valence-electron chi connectivity index (χ3n) is 7.63. The molecule has 0 amide bonds. The van der Waals surface area contributed by atoms with Crippen LogP contribution in [0.2, 0.25) is 0 Å². The Balaban J connectivity index is 1.35. The number of fused-ring (bicyclic) bond motifs is 2. The third-order valence-corrected chi connectivity index (χ3v) is 7.63. The fourth-order valence-corrected chi connectivity index (χ4v) is 5.48. The van der Waals surface area contributed by atoms with E-state index in [-0.39, 0.29) is 23.4 Å². The number of para-hydroxylation sites is 2. The zero-order valence-electron chi connectivity index (χ0n) is 23.1. The van der Waals surface area contributed by atoms with Gasteiger partial charge in [0, 0.05) is 17.7 Å². The molecule has 208 valence electrons. The summed E-state index contributed by atoms with van der Waals surface area (Å²) in [4.78, 5) is 37.3. The van der Waals surface area contributed by atoms with Crippen LogP contribution in [0.15, 0.2) is 137 Å². The van der Waals surface area contributed by atoms with E-state index in [1.54, 1.807) is 39.5 Å². The molecule has 1 N–H and O–H groups in total. The van der Waals surface area contributed by atoms with E-state index >= 15 is 0 Å². The van der Waals surface area contributed by atoms with Crippen LogP contribution in [0.5, 0.6) is 5.75 Å². The quantitative estimate of drug-likeness (QED) is 0.254. The van der Waals surface area contributed by atoms with Crippen molar-refractivity contribution in [1.82, 2.24) is 19.1 Å². The van der Waals surface area contributed by atoms with Crippen LogP contribution in [0.4, 0.5) is 0 Å². The van der Waals surface area contributed by atoms with Crippen molar-refractivity contribution < 1.29 is 5.11 Å². The van der Waals surface area contributed by atoms with Crippen molar-refractivity contribution in [3.05, 3.63) is 154 Å². The molecule has 0 saturated carbocycles. The van der Waals surface area contributed by atoms with E-state index < -0.39 is 0 Å². The van der Waals surface area contributed by atoms with Crippen molar-refractivity contribution in [2.75, 3.05) is 0 Å². The molecule has 0 fully saturated rings. The maximum atomic E-state index is 13.9. The summed E-state index contributed by atoms with van der Waals surface area (Å²) in [7, 11) is 0. The van der Waals surface area contributed by atoms with E-state index in [9.17, 15) is 14.7 Å². The molecule has 0 unspecified atom stereocenters. The van der Waals surface area contributed by atoms with Crippen LogP contribution in [0.1, 0.15) is 5.56 Å². The molecule has 2 heterocycles. The SMILES string of the molecule is O=c1c2ccccc2nc(-c2ccccc2)n1CCc1cc(-n2c(-c3ccccc3)nc3ccccc3c2=O)ccc1O. The Hall–Kier alpha value is -5.82. The Morgan fingerprint density at radius 1 is 0.581 bits per heavy atom. The van der Waals surface area contributed by atoms with Gasteiger partial charge in [-0.05, 0) is 54.4 Å². The summed E-state index contributed by atoms with van der Waals surface area (Å²) < 4.78 is 3.24. The predicted molar refractivity (Wildman–Crippen MR) is 170 cm³/mol. The van der Waals surface area contributed by atoms with Gasteiger partial charge in [-0.2, -0.15) is 0 Å². The molecule has 0 aliphatic rings. The van der Waals surface area contributed by atoms with Gasteiger partial charge in [-0.15, -0.1) is 0 Å². The molecule has 0 aliphatic heterocycles. The van der Waals surface area contributed by atoms with Crippen molar-refractivity contribution >= 4 is 21.8 Å². The van der Waals surface area contributed by atoms with Gasteiger partial charge in [0.05, 0.1) is 27.5 Å². The average molecular weight is 563 g/mol. The van der Waals surface area contributed by atoms with Crippen molar-refractivity contribution in [2.24, 2.45) is 0 Å². The summed E-state index contributed by atoms with van der Waals surface area (Å²) in [5.41, 5.74) is 3.66. The van der Waals surface area contributed by atoms with Gasteiger partial charge in [-0.3, -0.25) is 18.7 Å². The van der Waals surface area contributed by atoms with Crippen molar-refractivity contribution in [2.45, 2.75) is 13.0 Å². The number of phenols is 1. The first-order valence-corrected chi connectivity index (χ1v) is 14.0. The summed E-state index contributed by atoms with van der Waals surface area (Å²) in [6, 6.07) is 38.8. The van der Waals surface area contributed by atoms with E-state index in [0.717, 1.165) is 11.1 Å². The zero-order valence-corrected chi connectivity index (χ0v) is 23.1. The maximum Gasteiger partial charge on any atom is 0.266 e.